The first kappa shape index (κ1) is 12.6. The SMILES string of the molecule is CCC(=O)NN=C1CCOc2c(CO)cccc21. The van der Waals surface area contributed by atoms with Crippen molar-refractivity contribution in [1.29, 1.82) is 0 Å². The summed E-state index contributed by atoms with van der Waals surface area (Å²) in [5.74, 6) is 0.546. The van der Waals surface area contributed by atoms with E-state index in [0.717, 1.165) is 16.8 Å². The Morgan fingerprint density at radius 1 is 1.56 bits per heavy atom. The van der Waals surface area contributed by atoms with Gasteiger partial charge in [-0.05, 0) is 6.07 Å². The van der Waals surface area contributed by atoms with Gasteiger partial charge in [0.25, 0.3) is 0 Å². The molecule has 1 aliphatic rings. The van der Waals surface area contributed by atoms with Gasteiger partial charge in [-0.15, -0.1) is 0 Å². The fourth-order valence-corrected chi connectivity index (χ4v) is 1.82. The van der Waals surface area contributed by atoms with E-state index in [2.05, 4.69) is 10.5 Å². The van der Waals surface area contributed by atoms with Crippen LogP contribution in [0.1, 0.15) is 30.9 Å². The smallest absolute Gasteiger partial charge is 0.239 e. The van der Waals surface area contributed by atoms with Crippen LogP contribution >= 0.6 is 0 Å². The van der Waals surface area contributed by atoms with Crippen molar-refractivity contribution < 1.29 is 14.6 Å². The molecule has 0 unspecified atom stereocenters. The highest BCUT2D eigenvalue weighted by Crippen LogP contribution is 2.29. The van der Waals surface area contributed by atoms with Crippen LogP contribution in [-0.2, 0) is 11.4 Å². The Labute approximate surface area is 105 Å². The number of aliphatic hydroxyl groups excluding tert-OH is 1. The fraction of sp³-hybridized carbons (Fsp3) is 0.385. The molecule has 1 aliphatic heterocycles. The summed E-state index contributed by atoms with van der Waals surface area (Å²) in [6, 6.07) is 5.53. The number of hydrazone groups is 1. The Hall–Kier alpha value is -1.88. The molecule has 0 bridgehead atoms. The lowest BCUT2D eigenvalue weighted by molar-refractivity contribution is -0.120. The van der Waals surface area contributed by atoms with Crippen LogP contribution in [0.5, 0.6) is 5.75 Å². The van der Waals surface area contributed by atoms with Gasteiger partial charge in [0, 0.05) is 24.0 Å². The number of hydrogen-bond acceptors (Lipinski definition) is 4. The van der Waals surface area contributed by atoms with E-state index in [1.165, 1.54) is 0 Å². The van der Waals surface area contributed by atoms with Crippen molar-refractivity contribution in [3.05, 3.63) is 29.3 Å². The zero-order valence-corrected chi connectivity index (χ0v) is 10.3. The predicted octanol–water partition coefficient (Wildman–Crippen LogP) is 1.19. The lowest BCUT2D eigenvalue weighted by Crippen LogP contribution is -2.23. The van der Waals surface area contributed by atoms with Gasteiger partial charge >= 0.3 is 0 Å². The Morgan fingerprint density at radius 3 is 3.11 bits per heavy atom. The second kappa shape index (κ2) is 5.64. The van der Waals surface area contributed by atoms with E-state index in [1.807, 2.05) is 18.2 Å². The molecule has 0 fully saturated rings. The van der Waals surface area contributed by atoms with Gasteiger partial charge < -0.3 is 9.84 Å². The van der Waals surface area contributed by atoms with Crippen molar-refractivity contribution in [1.82, 2.24) is 5.43 Å². The number of para-hydroxylation sites is 1. The number of carbonyl (C=O) groups is 1. The summed E-state index contributed by atoms with van der Waals surface area (Å²) in [4.78, 5) is 11.2. The average Bonchev–Trinajstić information content (AvgIpc) is 2.43. The number of carbonyl (C=O) groups excluding carboxylic acids is 1. The minimum Gasteiger partial charge on any atom is -0.492 e. The van der Waals surface area contributed by atoms with Crippen molar-refractivity contribution in [2.45, 2.75) is 26.4 Å². The van der Waals surface area contributed by atoms with Gasteiger partial charge in [-0.1, -0.05) is 19.1 Å². The van der Waals surface area contributed by atoms with Crippen LogP contribution in [0.2, 0.25) is 0 Å². The van der Waals surface area contributed by atoms with Crippen molar-refractivity contribution in [3.63, 3.8) is 0 Å². The van der Waals surface area contributed by atoms with Crippen LogP contribution in [0.15, 0.2) is 23.3 Å². The summed E-state index contributed by atoms with van der Waals surface area (Å²) in [7, 11) is 0. The van der Waals surface area contributed by atoms with Gasteiger partial charge in [-0.3, -0.25) is 4.79 Å². The first-order chi connectivity index (χ1) is 8.76. The zero-order chi connectivity index (χ0) is 13.0. The summed E-state index contributed by atoms with van der Waals surface area (Å²) < 4.78 is 5.56. The molecule has 1 amide bonds. The number of amides is 1. The molecule has 1 aromatic rings. The molecule has 5 heteroatoms. The van der Waals surface area contributed by atoms with Crippen LogP contribution in [0.25, 0.3) is 0 Å². The highest BCUT2D eigenvalue weighted by Gasteiger charge is 2.19. The largest absolute Gasteiger partial charge is 0.492 e. The van der Waals surface area contributed by atoms with Gasteiger partial charge in [0.2, 0.25) is 5.91 Å². The van der Waals surface area contributed by atoms with Crippen molar-refractivity contribution in [3.8, 4) is 5.75 Å². The van der Waals surface area contributed by atoms with Gasteiger partial charge in [0.1, 0.15) is 5.75 Å². The molecule has 96 valence electrons. The first-order valence-corrected chi connectivity index (χ1v) is 5.97. The standard InChI is InChI=1S/C13H16N2O3/c1-2-12(17)15-14-11-6-7-18-13-9(8-16)4-3-5-10(11)13/h3-5,16H,2,6-8H2,1H3,(H,15,17). The number of ether oxygens (including phenoxy) is 1. The van der Waals surface area contributed by atoms with Gasteiger partial charge in [-0.2, -0.15) is 5.10 Å². The molecule has 5 nitrogen and oxygen atoms in total. The molecule has 0 saturated carbocycles. The van der Waals surface area contributed by atoms with Crippen LogP contribution in [0.3, 0.4) is 0 Å². The van der Waals surface area contributed by atoms with E-state index in [1.54, 1.807) is 6.92 Å². The van der Waals surface area contributed by atoms with Crippen LogP contribution in [-0.4, -0.2) is 23.3 Å². The third-order valence-electron chi connectivity index (χ3n) is 2.80. The minimum atomic E-state index is -0.117. The minimum absolute atomic E-state index is 0.0717. The summed E-state index contributed by atoms with van der Waals surface area (Å²) in [6.45, 7) is 2.21. The number of benzene rings is 1. The van der Waals surface area contributed by atoms with E-state index >= 15 is 0 Å². The Morgan fingerprint density at radius 2 is 2.39 bits per heavy atom. The molecule has 0 spiro atoms. The molecule has 2 rings (SSSR count). The lowest BCUT2D eigenvalue weighted by Gasteiger charge is -2.21. The van der Waals surface area contributed by atoms with Crippen molar-refractivity contribution in [2.24, 2.45) is 5.10 Å². The summed E-state index contributed by atoms with van der Waals surface area (Å²) in [5.41, 5.74) is 4.87. The normalized spacial score (nSPS) is 16.0. The van der Waals surface area contributed by atoms with Gasteiger partial charge in [0.05, 0.1) is 18.9 Å². The maximum absolute atomic E-state index is 11.2. The van der Waals surface area contributed by atoms with E-state index in [4.69, 9.17) is 4.74 Å². The Kier molecular flexibility index (Phi) is 3.94. The molecular weight excluding hydrogens is 232 g/mol. The molecular formula is C13H16N2O3. The number of fused-ring (bicyclic) bond motifs is 1. The second-order valence-corrected chi connectivity index (χ2v) is 4.00. The lowest BCUT2D eigenvalue weighted by atomic mass is 10.0. The molecule has 0 radical (unpaired) electrons. The third kappa shape index (κ3) is 2.51. The molecule has 0 aliphatic carbocycles. The fourth-order valence-electron chi connectivity index (χ4n) is 1.82. The van der Waals surface area contributed by atoms with E-state index in [0.29, 0.717) is 25.2 Å². The average molecular weight is 248 g/mol. The third-order valence-corrected chi connectivity index (χ3v) is 2.80. The number of nitrogens with zero attached hydrogens (tertiary/aromatic N) is 1. The highest BCUT2D eigenvalue weighted by molar-refractivity contribution is 6.04. The number of rotatable bonds is 3. The maximum Gasteiger partial charge on any atom is 0.239 e. The van der Waals surface area contributed by atoms with Crippen LogP contribution < -0.4 is 10.2 Å². The van der Waals surface area contributed by atoms with Crippen molar-refractivity contribution in [2.75, 3.05) is 6.61 Å². The van der Waals surface area contributed by atoms with Gasteiger partial charge in [-0.25, -0.2) is 5.43 Å². The van der Waals surface area contributed by atoms with Gasteiger partial charge in [0.15, 0.2) is 0 Å². The van der Waals surface area contributed by atoms with E-state index < -0.39 is 0 Å². The molecule has 0 atom stereocenters. The molecule has 1 aromatic carbocycles. The van der Waals surface area contributed by atoms with Crippen molar-refractivity contribution >= 4 is 11.6 Å². The molecule has 0 saturated heterocycles. The zero-order valence-electron chi connectivity index (χ0n) is 10.3. The maximum atomic E-state index is 11.2. The monoisotopic (exact) mass is 248 g/mol. The van der Waals surface area contributed by atoms with E-state index in [-0.39, 0.29) is 12.5 Å². The van der Waals surface area contributed by atoms with Crippen LogP contribution in [0.4, 0.5) is 0 Å². The summed E-state index contributed by atoms with van der Waals surface area (Å²) >= 11 is 0. The Bertz CT molecular complexity index is 483. The predicted molar refractivity (Wildman–Crippen MR) is 67.4 cm³/mol. The highest BCUT2D eigenvalue weighted by atomic mass is 16.5. The summed E-state index contributed by atoms with van der Waals surface area (Å²) in [5, 5.41) is 13.4. The second-order valence-electron chi connectivity index (χ2n) is 4.00. The number of hydrogen-bond donors (Lipinski definition) is 2. The molecule has 1 heterocycles. The molecule has 18 heavy (non-hydrogen) atoms. The van der Waals surface area contributed by atoms with E-state index in [9.17, 15) is 9.90 Å². The number of aliphatic hydroxyl groups is 1. The molecule has 2 N–H and O–H groups in total. The number of nitrogens with one attached hydrogen (secondary N) is 1. The molecule has 0 aromatic heterocycles. The first-order valence-electron chi connectivity index (χ1n) is 5.97. The van der Waals surface area contributed by atoms with Crippen LogP contribution in [0, 0.1) is 0 Å². The Balaban J connectivity index is 2.30. The summed E-state index contributed by atoms with van der Waals surface area (Å²) in [6.07, 6.45) is 1.04. The quantitative estimate of drug-likeness (QED) is 0.789. The topological polar surface area (TPSA) is 70.9 Å².